The zero-order valence-corrected chi connectivity index (χ0v) is 19.5. The third kappa shape index (κ3) is 3.61. The number of fused-ring (bicyclic) bond motifs is 5. The Hall–Kier alpha value is -4.50. The number of aromatic amines is 1. The summed E-state index contributed by atoms with van der Waals surface area (Å²) in [6.07, 6.45) is 2.90. The summed E-state index contributed by atoms with van der Waals surface area (Å²) in [4.78, 5) is 25.6. The Balaban J connectivity index is 0.000000165. The summed E-state index contributed by atoms with van der Waals surface area (Å²) in [7, 11) is 1.59. The molecule has 1 aromatic heterocycles. The molecule has 36 heavy (non-hydrogen) atoms. The molecular weight excluding hydrogens is 466 g/mol. The summed E-state index contributed by atoms with van der Waals surface area (Å²) in [5.74, 6) is -0.885. The van der Waals surface area contributed by atoms with E-state index in [0.717, 1.165) is 16.5 Å². The van der Waals surface area contributed by atoms with E-state index in [-0.39, 0.29) is 35.8 Å². The number of methoxy groups -OCH3 is 1. The van der Waals surface area contributed by atoms with Crippen molar-refractivity contribution < 1.29 is 34.7 Å². The van der Waals surface area contributed by atoms with Gasteiger partial charge >= 0.3 is 0 Å². The average molecular weight is 489 g/mol. The minimum atomic E-state index is -1.33. The van der Waals surface area contributed by atoms with Gasteiger partial charge < -0.3 is 34.9 Å². The molecule has 2 aliphatic carbocycles. The van der Waals surface area contributed by atoms with Crippen LogP contribution >= 0.6 is 0 Å². The molecule has 5 N–H and O–H groups in total. The van der Waals surface area contributed by atoms with E-state index in [1.165, 1.54) is 24.3 Å². The van der Waals surface area contributed by atoms with Crippen molar-refractivity contribution in [3.8, 4) is 17.2 Å². The van der Waals surface area contributed by atoms with Crippen LogP contribution in [0.4, 0.5) is 0 Å². The van der Waals surface area contributed by atoms with Crippen LogP contribution in [-0.2, 0) is 16.0 Å². The van der Waals surface area contributed by atoms with Gasteiger partial charge in [-0.2, -0.15) is 0 Å². The van der Waals surface area contributed by atoms with Crippen LogP contribution in [-0.4, -0.2) is 50.5 Å². The van der Waals surface area contributed by atoms with Crippen LogP contribution < -0.4 is 10.3 Å². The molecule has 0 radical (unpaired) electrons. The lowest BCUT2D eigenvalue weighted by Crippen LogP contribution is -2.39. The topological polar surface area (TPSA) is 149 Å². The van der Waals surface area contributed by atoms with Crippen LogP contribution in [0.1, 0.15) is 16.7 Å². The van der Waals surface area contributed by atoms with Crippen molar-refractivity contribution in [2.45, 2.75) is 18.9 Å². The second-order valence-corrected chi connectivity index (χ2v) is 8.86. The summed E-state index contributed by atoms with van der Waals surface area (Å²) in [5.41, 5.74) is 2.42. The molecule has 3 aromatic rings. The van der Waals surface area contributed by atoms with E-state index in [2.05, 4.69) is 4.98 Å². The van der Waals surface area contributed by atoms with E-state index in [9.17, 15) is 30.0 Å². The molecule has 1 atom stereocenters. The van der Waals surface area contributed by atoms with Crippen LogP contribution in [0.3, 0.4) is 0 Å². The molecule has 0 bridgehead atoms. The number of aromatic nitrogens is 1. The molecule has 0 saturated heterocycles. The van der Waals surface area contributed by atoms with Gasteiger partial charge in [-0.15, -0.1) is 0 Å². The first-order valence-electron chi connectivity index (χ1n) is 11.1. The van der Waals surface area contributed by atoms with E-state index in [1.54, 1.807) is 13.2 Å². The molecule has 1 aliphatic heterocycles. The summed E-state index contributed by atoms with van der Waals surface area (Å²) < 4.78 is 10.6. The Morgan fingerprint density at radius 2 is 1.81 bits per heavy atom. The van der Waals surface area contributed by atoms with E-state index >= 15 is 0 Å². The molecule has 3 aliphatic rings. The smallest absolute Gasteiger partial charge is 0.248 e. The molecule has 0 spiro atoms. The number of ketones is 1. The predicted octanol–water partition coefficient (Wildman–Crippen LogP) is 2.92. The third-order valence-electron chi connectivity index (χ3n) is 6.50. The van der Waals surface area contributed by atoms with Crippen molar-refractivity contribution in [1.82, 2.24) is 4.98 Å². The number of aromatic hydroxyl groups is 2. The predicted molar refractivity (Wildman–Crippen MR) is 131 cm³/mol. The maximum Gasteiger partial charge on any atom is 0.248 e. The normalized spacial score (nSPS) is 19.8. The van der Waals surface area contributed by atoms with Gasteiger partial charge in [0, 0.05) is 29.0 Å². The van der Waals surface area contributed by atoms with Gasteiger partial charge in [0.05, 0.1) is 12.6 Å². The maximum absolute atomic E-state index is 11.5. The number of aryl methyl sites for hydroxylation is 1. The number of pyridine rings is 1. The van der Waals surface area contributed by atoms with Gasteiger partial charge in [0.15, 0.2) is 17.3 Å². The number of rotatable bonds is 1. The zero-order valence-electron chi connectivity index (χ0n) is 19.5. The van der Waals surface area contributed by atoms with Crippen molar-refractivity contribution in [1.29, 1.82) is 0 Å². The molecule has 2 heterocycles. The van der Waals surface area contributed by atoms with Crippen LogP contribution in [0, 0.1) is 6.92 Å². The fourth-order valence-corrected chi connectivity index (χ4v) is 4.85. The molecular formula is C27H23NO8. The number of hydrogen-bond acceptors (Lipinski definition) is 8. The van der Waals surface area contributed by atoms with E-state index in [4.69, 9.17) is 9.47 Å². The molecule has 9 heteroatoms. The highest BCUT2D eigenvalue weighted by Gasteiger charge is 2.47. The van der Waals surface area contributed by atoms with Crippen molar-refractivity contribution in [3.05, 3.63) is 92.7 Å². The first kappa shape index (κ1) is 23.3. The number of para-hydroxylation sites is 1. The Morgan fingerprint density at radius 1 is 1.06 bits per heavy atom. The van der Waals surface area contributed by atoms with Crippen molar-refractivity contribution in [2.24, 2.45) is 0 Å². The Morgan fingerprint density at radius 3 is 2.56 bits per heavy atom. The number of nitrogens with one attached hydrogen (secondary N) is 1. The minimum Gasteiger partial charge on any atom is -0.504 e. The Labute approximate surface area is 204 Å². The molecule has 0 amide bonds. The highest BCUT2D eigenvalue weighted by Crippen LogP contribution is 2.50. The second-order valence-electron chi connectivity index (χ2n) is 8.86. The summed E-state index contributed by atoms with van der Waals surface area (Å²) >= 11 is 0. The zero-order chi connectivity index (χ0) is 25.8. The highest BCUT2D eigenvalue weighted by molar-refractivity contribution is 6.06. The van der Waals surface area contributed by atoms with Crippen molar-refractivity contribution in [3.63, 3.8) is 0 Å². The maximum atomic E-state index is 11.5. The average Bonchev–Trinajstić information content (AvgIpc) is 3.13. The lowest BCUT2D eigenvalue weighted by atomic mass is 9.85. The van der Waals surface area contributed by atoms with Gasteiger partial charge in [-0.25, -0.2) is 0 Å². The van der Waals surface area contributed by atoms with Crippen molar-refractivity contribution in [2.75, 3.05) is 13.7 Å². The lowest BCUT2D eigenvalue weighted by molar-refractivity contribution is -0.114. The number of phenolic OH excluding ortho intramolecular Hbond substituents is 2. The quantitative estimate of drug-likeness (QED) is 0.328. The standard InChI is InChI=1S/C16H12O6.C11H11NO2/c17-10-2-1-8-13-9-4-12(19)11(18)3-7(9)5-16(13,21)6-22-15(8)14(10)20;1-7-6-10(13)12-11-8(7)4-3-5-9(11)14-2/h1-4,18-21H,5-6H2;3-6H,1-2H3,(H,12,13). The fraction of sp³-hybridized carbons (Fsp3) is 0.185. The van der Waals surface area contributed by atoms with Gasteiger partial charge in [-0.3, -0.25) is 9.59 Å². The number of hydrogen-bond donors (Lipinski definition) is 5. The van der Waals surface area contributed by atoms with Gasteiger partial charge in [-0.1, -0.05) is 12.1 Å². The molecule has 9 nitrogen and oxygen atoms in total. The molecule has 2 aromatic carbocycles. The van der Waals surface area contributed by atoms with Crippen LogP contribution in [0.15, 0.2) is 70.4 Å². The number of phenols is 2. The van der Waals surface area contributed by atoms with Gasteiger partial charge in [0.25, 0.3) is 0 Å². The number of aliphatic hydroxyl groups is 2. The number of carbonyl (C=O) groups is 1. The summed E-state index contributed by atoms with van der Waals surface area (Å²) in [6, 6.07) is 10.1. The Kier molecular flexibility index (Phi) is 5.37. The van der Waals surface area contributed by atoms with Gasteiger partial charge in [-0.05, 0) is 54.0 Å². The minimum absolute atomic E-state index is 0.0348. The fourth-order valence-electron chi connectivity index (χ4n) is 4.85. The van der Waals surface area contributed by atoms with E-state index in [1.807, 2.05) is 25.1 Å². The molecule has 184 valence electrons. The number of allylic oxidation sites excluding steroid dienone is 2. The van der Waals surface area contributed by atoms with Crippen LogP contribution in [0.25, 0.3) is 16.5 Å². The van der Waals surface area contributed by atoms with Crippen LogP contribution in [0.2, 0.25) is 0 Å². The third-order valence-corrected chi connectivity index (χ3v) is 6.50. The highest BCUT2D eigenvalue weighted by atomic mass is 16.5. The summed E-state index contributed by atoms with van der Waals surface area (Å²) in [6.45, 7) is 1.79. The molecule has 6 rings (SSSR count). The van der Waals surface area contributed by atoms with Gasteiger partial charge in [0.2, 0.25) is 17.1 Å². The number of aliphatic hydroxyl groups excluding tert-OH is 1. The molecule has 0 fully saturated rings. The second kappa shape index (κ2) is 8.31. The van der Waals surface area contributed by atoms with Crippen molar-refractivity contribution >= 4 is 22.3 Å². The number of ether oxygens (including phenoxy) is 2. The van der Waals surface area contributed by atoms with E-state index < -0.39 is 17.1 Å². The lowest BCUT2D eigenvalue weighted by Gasteiger charge is -2.33. The monoisotopic (exact) mass is 489 g/mol. The Bertz CT molecular complexity index is 1590. The molecule has 1 unspecified atom stereocenters. The van der Waals surface area contributed by atoms with Gasteiger partial charge in [0.1, 0.15) is 18.0 Å². The number of carbonyl (C=O) groups excluding carboxylic acids is 1. The van der Waals surface area contributed by atoms with Crippen LogP contribution in [0.5, 0.6) is 17.2 Å². The number of H-pyrrole nitrogens is 1. The largest absolute Gasteiger partial charge is 0.504 e. The summed E-state index contributed by atoms with van der Waals surface area (Å²) in [5, 5.41) is 41.1. The first-order chi connectivity index (χ1) is 17.1. The van der Waals surface area contributed by atoms with E-state index in [0.29, 0.717) is 28.0 Å². The first-order valence-corrected chi connectivity index (χ1v) is 11.1. The SMILES string of the molecule is COc1cccc2c(C)cc(=O)[nH]c12.O=C1C=CC2=C3c4cc(O)c(O)cc4CC3(O)COC2=C1O. The molecule has 0 saturated carbocycles. The number of benzene rings is 2.